The van der Waals surface area contributed by atoms with Crippen LogP contribution < -0.4 is 5.32 Å². The third-order valence-corrected chi connectivity index (χ3v) is 5.35. The molecule has 2 atom stereocenters. The number of hydrogen-bond donors (Lipinski definition) is 1. The van der Waals surface area contributed by atoms with Crippen molar-refractivity contribution in [3.8, 4) is 11.1 Å². The van der Waals surface area contributed by atoms with Gasteiger partial charge in [0, 0.05) is 28.3 Å². The zero-order valence-corrected chi connectivity index (χ0v) is 12.9. The molecule has 1 saturated carbocycles. The highest BCUT2D eigenvalue weighted by atomic mass is 16.1. The van der Waals surface area contributed by atoms with Crippen LogP contribution in [0.1, 0.15) is 47.2 Å². The Labute approximate surface area is 135 Å². The molecule has 0 radical (unpaired) electrons. The summed E-state index contributed by atoms with van der Waals surface area (Å²) >= 11 is 0. The number of rotatable bonds is 1. The summed E-state index contributed by atoms with van der Waals surface area (Å²) in [5.74, 6) is 1.11. The van der Waals surface area contributed by atoms with Gasteiger partial charge in [-0.15, -0.1) is 0 Å². The Bertz CT molecular complexity index is 852. The molecule has 5 rings (SSSR count). The number of hydrogen-bond acceptors (Lipinski definition) is 3. The number of nitrogens with one attached hydrogen (secondary N) is 1. The summed E-state index contributed by atoms with van der Waals surface area (Å²) in [6, 6.07) is 14.8. The van der Waals surface area contributed by atoms with Crippen LogP contribution in [0, 0.1) is 0 Å². The van der Waals surface area contributed by atoms with E-state index in [2.05, 4.69) is 11.4 Å². The maximum Gasteiger partial charge on any atom is 0.194 e. The van der Waals surface area contributed by atoms with Gasteiger partial charge in [-0.2, -0.15) is 0 Å². The Morgan fingerprint density at radius 3 is 2.48 bits per heavy atom. The first-order valence-corrected chi connectivity index (χ1v) is 8.45. The highest BCUT2D eigenvalue weighted by molar-refractivity contribution is 6.25. The maximum atomic E-state index is 12.6. The second-order valence-electron chi connectivity index (χ2n) is 6.68. The predicted molar refractivity (Wildman–Crippen MR) is 91.0 cm³/mol. The van der Waals surface area contributed by atoms with Crippen LogP contribution in [0.15, 0.2) is 47.5 Å². The van der Waals surface area contributed by atoms with Crippen LogP contribution in [-0.4, -0.2) is 23.7 Å². The van der Waals surface area contributed by atoms with Crippen LogP contribution in [0.2, 0.25) is 0 Å². The van der Waals surface area contributed by atoms with Crippen molar-refractivity contribution in [2.45, 2.75) is 37.8 Å². The van der Waals surface area contributed by atoms with Gasteiger partial charge in [-0.1, -0.05) is 55.3 Å². The van der Waals surface area contributed by atoms with E-state index in [1.54, 1.807) is 0 Å². The van der Waals surface area contributed by atoms with E-state index in [0.717, 1.165) is 33.7 Å². The fourth-order valence-corrected chi connectivity index (χ4v) is 4.23. The van der Waals surface area contributed by atoms with Gasteiger partial charge in [-0.25, -0.2) is 0 Å². The molecular formula is C20H18N2O. The number of carbonyl (C=O) groups excluding carboxylic acids is 1. The number of nitrogens with zero attached hydrogens (tertiary/aromatic N) is 1. The molecule has 114 valence electrons. The Morgan fingerprint density at radius 1 is 0.870 bits per heavy atom. The topological polar surface area (TPSA) is 41.5 Å². The molecule has 3 nitrogen and oxygen atoms in total. The van der Waals surface area contributed by atoms with Gasteiger partial charge in [-0.05, 0) is 18.4 Å². The van der Waals surface area contributed by atoms with E-state index in [1.807, 2.05) is 36.4 Å². The number of aliphatic imine (C=N–C) groups is 1. The molecule has 1 aliphatic heterocycles. The van der Waals surface area contributed by atoms with Crippen molar-refractivity contribution < 1.29 is 4.79 Å². The highest BCUT2D eigenvalue weighted by Crippen LogP contribution is 2.39. The predicted octanol–water partition coefficient (Wildman–Crippen LogP) is 3.56. The third-order valence-electron chi connectivity index (χ3n) is 5.35. The summed E-state index contributed by atoms with van der Waals surface area (Å²) in [4.78, 5) is 17.6. The molecule has 23 heavy (non-hydrogen) atoms. The number of carbonyl (C=O) groups is 1. The normalized spacial score (nSPS) is 24.5. The summed E-state index contributed by atoms with van der Waals surface area (Å²) in [6.07, 6.45) is 4.92. The van der Waals surface area contributed by atoms with Crippen LogP contribution >= 0.6 is 0 Å². The van der Waals surface area contributed by atoms with Crippen molar-refractivity contribution in [2.24, 2.45) is 4.99 Å². The van der Waals surface area contributed by atoms with E-state index in [-0.39, 0.29) is 5.78 Å². The Hall–Kier alpha value is -2.42. The van der Waals surface area contributed by atoms with Crippen molar-refractivity contribution in [3.63, 3.8) is 0 Å². The van der Waals surface area contributed by atoms with Gasteiger partial charge in [0.05, 0.1) is 6.04 Å². The molecule has 3 aliphatic rings. The van der Waals surface area contributed by atoms with E-state index in [0.29, 0.717) is 12.1 Å². The van der Waals surface area contributed by atoms with Crippen molar-refractivity contribution >= 4 is 11.6 Å². The Morgan fingerprint density at radius 2 is 1.61 bits per heavy atom. The number of fused-ring (bicyclic) bond motifs is 4. The van der Waals surface area contributed by atoms with Crippen LogP contribution in [0.4, 0.5) is 0 Å². The lowest BCUT2D eigenvalue weighted by Gasteiger charge is -2.23. The zero-order chi connectivity index (χ0) is 15.4. The SMILES string of the molecule is O=C1c2ccccc2-c2c1cccc2C1=NC2CCCCC2N1. The molecule has 1 heterocycles. The van der Waals surface area contributed by atoms with E-state index in [4.69, 9.17) is 4.99 Å². The fraction of sp³-hybridized carbons (Fsp3) is 0.300. The minimum absolute atomic E-state index is 0.133. The lowest BCUT2D eigenvalue weighted by molar-refractivity contribution is 0.104. The molecule has 2 aliphatic carbocycles. The minimum Gasteiger partial charge on any atom is -0.365 e. The molecule has 1 N–H and O–H groups in total. The number of ketones is 1. The molecule has 2 unspecified atom stereocenters. The first-order valence-electron chi connectivity index (χ1n) is 8.45. The third kappa shape index (κ3) is 1.83. The van der Waals surface area contributed by atoms with Crippen molar-refractivity contribution in [1.29, 1.82) is 0 Å². The molecule has 0 amide bonds. The van der Waals surface area contributed by atoms with E-state index < -0.39 is 0 Å². The van der Waals surface area contributed by atoms with Crippen LogP contribution in [0.5, 0.6) is 0 Å². The van der Waals surface area contributed by atoms with Gasteiger partial charge in [0.1, 0.15) is 5.84 Å². The smallest absolute Gasteiger partial charge is 0.194 e. The molecular weight excluding hydrogens is 284 g/mol. The molecule has 0 aromatic heterocycles. The summed E-state index contributed by atoms with van der Waals surface area (Å²) in [5.41, 5.74) is 4.80. The number of benzene rings is 2. The minimum atomic E-state index is 0.133. The molecule has 2 aromatic carbocycles. The fourth-order valence-electron chi connectivity index (χ4n) is 4.23. The van der Waals surface area contributed by atoms with Crippen molar-refractivity contribution in [2.75, 3.05) is 0 Å². The van der Waals surface area contributed by atoms with Crippen molar-refractivity contribution in [3.05, 3.63) is 59.2 Å². The van der Waals surface area contributed by atoms with Gasteiger partial charge < -0.3 is 5.32 Å². The van der Waals surface area contributed by atoms with Crippen LogP contribution in [0.3, 0.4) is 0 Å². The standard InChI is InChI=1S/C20H18N2O/c23-19-13-7-2-1-6-12(13)18-14(19)8-5-9-15(18)20-21-16-10-3-4-11-17(16)22-20/h1-2,5-9,16-17H,3-4,10-11H2,(H,21,22). The van der Waals surface area contributed by atoms with Gasteiger partial charge in [-0.3, -0.25) is 9.79 Å². The Balaban J connectivity index is 1.67. The molecule has 2 aromatic rings. The van der Waals surface area contributed by atoms with Gasteiger partial charge in [0.2, 0.25) is 0 Å². The first-order chi connectivity index (χ1) is 11.3. The van der Waals surface area contributed by atoms with Gasteiger partial charge >= 0.3 is 0 Å². The number of amidine groups is 1. The van der Waals surface area contributed by atoms with Gasteiger partial charge in [0.25, 0.3) is 0 Å². The average Bonchev–Trinajstić information content (AvgIpc) is 3.15. The molecule has 1 fully saturated rings. The van der Waals surface area contributed by atoms with Crippen molar-refractivity contribution in [1.82, 2.24) is 5.32 Å². The summed E-state index contributed by atoms with van der Waals surface area (Å²) in [7, 11) is 0. The molecule has 0 saturated heterocycles. The highest BCUT2D eigenvalue weighted by Gasteiger charge is 2.34. The maximum absolute atomic E-state index is 12.6. The van der Waals surface area contributed by atoms with E-state index >= 15 is 0 Å². The molecule has 0 bridgehead atoms. The summed E-state index contributed by atoms with van der Waals surface area (Å²) in [5, 5.41) is 3.62. The van der Waals surface area contributed by atoms with E-state index in [9.17, 15) is 4.79 Å². The van der Waals surface area contributed by atoms with E-state index in [1.165, 1.54) is 25.7 Å². The second kappa shape index (κ2) is 4.79. The largest absolute Gasteiger partial charge is 0.365 e. The first kappa shape index (κ1) is 13.1. The molecule has 0 spiro atoms. The monoisotopic (exact) mass is 302 g/mol. The second-order valence-corrected chi connectivity index (χ2v) is 6.68. The average molecular weight is 302 g/mol. The lowest BCUT2D eigenvalue weighted by Crippen LogP contribution is -2.37. The molecule has 3 heteroatoms. The van der Waals surface area contributed by atoms with Gasteiger partial charge in [0.15, 0.2) is 5.78 Å². The Kier molecular flexibility index (Phi) is 2.72. The summed E-state index contributed by atoms with van der Waals surface area (Å²) < 4.78 is 0. The van der Waals surface area contributed by atoms with Crippen LogP contribution in [0.25, 0.3) is 11.1 Å². The zero-order valence-electron chi connectivity index (χ0n) is 12.9. The quantitative estimate of drug-likeness (QED) is 0.747. The van der Waals surface area contributed by atoms with Crippen LogP contribution in [-0.2, 0) is 0 Å². The lowest BCUT2D eigenvalue weighted by atomic mass is 9.92. The summed E-state index contributed by atoms with van der Waals surface area (Å²) in [6.45, 7) is 0.